The van der Waals surface area contributed by atoms with Crippen LogP contribution < -0.4 is 10.7 Å². The van der Waals surface area contributed by atoms with Crippen LogP contribution in [0.2, 0.25) is 5.02 Å². The molecule has 1 amide bonds. The molecular weight excluding hydrogens is 322 g/mol. The topological polar surface area (TPSA) is 53.5 Å². The highest BCUT2D eigenvalue weighted by atomic mass is 35.5. The van der Waals surface area contributed by atoms with Crippen LogP contribution in [0.1, 0.15) is 5.56 Å². The minimum atomic E-state index is -0.221. The van der Waals surface area contributed by atoms with E-state index in [1.807, 2.05) is 48.5 Å². The molecule has 24 heavy (non-hydrogen) atoms. The zero-order chi connectivity index (χ0) is 16.8. The molecule has 0 fully saturated rings. The van der Waals surface area contributed by atoms with Crippen molar-refractivity contribution in [2.45, 2.75) is 0 Å². The number of benzene rings is 3. The molecular formula is C19H16ClN3O. The lowest BCUT2D eigenvalue weighted by Crippen LogP contribution is -2.25. The molecule has 0 bridgehead atoms. The number of hydrogen-bond donors (Lipinski definition) is 2. The van der Waals surface area contributed by atoms with Crippen LogP contribution >= 0.6 is 11.6 Å². The molecule has 4 nitrogen and oxygen atoms in total. The second kappa shape index (κ2) is 7.62. The molecule has 0 atom stereocenters. The molecule has 5 heteroatoms. The van der Waals surface area contributed by atoms with Crippen LogP contribution in [0.25, 0.3) is 10.8 Å². The zero-order valence-corrected chi connectivity index (χ0v) is 13.6. The van der Waals surface area contributed by atoms with Gasteiger partial charge < -0.3 is 5.32 Å². The fourth-order valence-corrected chi connectivity index (χ4v) is 2.49. The summed E-state index contributed by atoms with van der Waals surface area (Å²) in [6, 6.07) is 21.3. The third-order valence-electron chi connectivity index (χ3n) is 3.45. The number of rotatable bonds is 5. The Kier molecular flexibility index (Phi) is 5.08. The average Bonchev–Trinajstić information content (AvgIpc) is 2.60. The van der Waals surface area contributed by atoms with E-state index in [2.05, 4.69) is 21.9 Å². The first-order chi connectivity index (χ1) is 11.7. The Labute approximate surface area is 145 Å². The molecule has 120 valence electrons. The van der Waals surface area contributed by atoms with Gasteiger partial charge in [0.2, 0.25) is 0 Å². The lowest BCUT2D eigenvalue weighted by atomic mass is 10.1. The zero-order valence-electron chi connectivity index (χ0n) is 12.9. The van der Waals surface area contributed by atoms with Crippen LogP contribution in [-0.4, -0.2) is 18.7 Å². The summed E-state index contributed by atoms with van der Waals surface area (Å²) in [5.74, 6) is -0.221. The third-order valence-corrected chi connectivity index (χ3v) is 3.69. The van der Waals surface area contributed by atoms with Crippen molar-refractivity contribution in [3.8, 4) is 0 Å². The Hall–Kier alpha value is -2.85. The predicted molar refractivity (Wildman–Crippen MR) is 99.6 cm³/mol. The maximum Gasteiger partial charge on any atom is 0.259 e. The van der Waals surface area contributed by atoms with Crippen molar-refractivity contribution in [1.82, 2.24) is 5.43 Å². The Balaban J connectivity index is 1.53. The van der Waals surface area contributed by atoms with Gasteiger partial charge in [-0.1, -0.05) is 54.1 Å². The van der Waals surface area contributed by atoms with Gasteiger partial charge in [-0.15, -0.1) is 0 Å². The molecule has 3 aromatic carbocycles. The number of halogens is 1. The lowest BCUT2D eigenvalue weighted by molar-refractivity contribution is -0.119. The molecule has 0 aliphatic rings. The van der Waals surface area contributed by atoms with Gasteiger partial charge >= 0.3 is 0 Å². The maximum absolute atomic E-state index is 11.8. The maximum atomic E-state index is 11.8. The van der Waals surface area contributed by atoms with Crippen molar-refractivity contribution < 1.29 is 4.79 Å². The molecule has 0 radical (unpaired) electrons. The number of nitrogens with zero attached hydrogens (tertiary/aromatic N) is 1. The van der Waals surface area contributed by atoms with E-state index in [0.29, 0.717) is 5.02 Å². The molecule has 2 N–H and O–H groups in total. The lowest BCUT2D eigenvalue weighted by Gasteiger charge is -2.06. The molecule has 0 aromatic heterocycles. The third kappa shape index (κ3) is 4.33. The van der Waals surface area contributed by atoms with E-state index in [-0.39, 0.29) is 12.5 Å². The van der Waals surface area contributed by atoms with Gasteiger partial charge in [0.1, 0.15) is 0 Å². The van der Waals surface area contributed by atoms with E-state index in [9.17, 15) is 4.79 Å². The number of amides is 1. The Morgan fingerprint density at radius 3 is 2.67 bits per heavy atom. The molecule has 0 spiro atoms. The minimum Gasteiger partial charge on any atom is -0.376 e. The van der Waals surface area contributed by atoms with Crippen molar-refractivity contribution in [2.75, 3.05) is 11.9 Å². The van der Waals surface area contributed by atoms with Gasteiger partial charge in [-0.3, -0.25) is 4.79 Å². The van der Waals surface area contributed by atoms with Gasteiger partial charge in [0, 0.05) is 10.7 Å². The molecule has 0 saturated heterocycles. The highest BCUT2D eigenvalue weighted by Crippen LogP contribution is 2.18. The highest BCUT2D eigenvalue weighted by molar-refractivity contribution is 6.30. The summed E-state index contributed by atoms with van der Waals surface area (Å²) < 4.78 is 0. The number of anilines is 1. The van der Waals surface area contributed by atoms with Gasteiger partial charge in [-0.05, 0) is 40.6 Å². The quantitative estimate of drug-likeness (QED) is 0.545. The predicted octanol–water partition coefficient (Wildman–Crippen LogP) is 4.06. The van der Waals surface area contributed by atoms with Crippen LogP contribution in [0, 0.1) is 0 Å². The molecule has 3 aromatic rings. The normalized spacial score (nSPS) is 10.9. The van der Waals surface area contributed by atoms with E-state index >= 15 is 0 Å². The summed E-state index contributed by atoms with van der Waals surface area (Å²) in [5, 5.41) is 9.93. The fraction of sp³-hybridized carbons (Fsp3) is 0.0526. The van der Waals surface area contributed by atoms with E-state index in [1.54, 1.807) is 18.3 Å². The van der Waals surface area contributed by atoms with E-state index < -0.39 is 0 Å². The molecule has 0 aliphatic heterocycles. The van der Waals surface area contributed by atoms with Gasteiger partial charge in [-0.25, -0.2) is 5.43 Å². The van der Waals surface area contributed by atoms with Gasteiger partial charge in [-0.2, -0.15) is 5.10 Å². The van der Waals surface area contributed by atoms with E-state index in [0.717, 1.165) is 16.6 Å². The second-order valence-electron chi connectivity index (χ2n) is 5.26. The summed E-state index contributed by atoms with van der Waals surface area (Å²) in [6.45, 7) is 0.144. The van der Waals surface area contributed by atoms with Crippen LogP contribution in [0.15, 0.2) is 71.8 Å². The van der Waals surface area contributed by atoms with Crippen LogP contribution in [-0.2, 0) is 4.79 Å². The summed E-state index contributed by atoms with van der Waals surface area (Å²) in [7, 11) is 0. The molecule has 0 unspecified atom stereocenters. The number of carbonyl (C=O) groups is 1. The summed E-state index contributed by atoms with van der Waals surface area (Å²) in [4.78, 5) is 11.8. The molecule has 0 heterocycles. The average molecular weight is 338 g/mol. The summed E-state index contributed by atoms with van der Waals surface area (Å²) in [5.41, 5.74) is 4.20. The highest BCUT2D eigenvalue weighted by Gasteiger charge is 2.00. The molecule has 0 aliphatic carbocycles. The van der Waals surface area contributed by atoms with E-state index in [4.69, 9.17) is 11.6 Å². The van der Waals surface area contributed by atoms with Crippen molar-refractivity contribution in [2.24, 2.45) is 5.10 Å². The number of hydrogen-bond acceptors (Lipinski definition) is 3. The number of nitrogens with one attached hydrogen (secondary N) is 2. The largest absolute Gasteiger partial charge is 0.376 e. The molecule has 0 saturated carbocycles. The monoisotopic (exact) mass is 337 g/mol. The fourth-order valence-electron chi connectivity index (χ4n) is 2.29. The van der Waals surface area contributed by atoms with Gasteiger partial charge in [0.25, 0.3) is 5.91 Å². The van der Waals surface area contributed by atoms with Crippen molar-refractivity contribution >= 4 is 40.2 Å². The smallest absolute Gasteiger partial charge is 0.259 e. The first kappa shape index (κ1) is 16.0. The van der Waals surface area contributed by atoms with Crippen molar-refractivity contribution in [1.29, 1.82) is 0 Å². The van der Waals surface area contributed by atoms with Gasteiger partial charge in [0.15, 0.2) is 0 Å². The molecule has 3 rings (SSSR count). The van der Waals surface area contributed by atoms with Crippen molar-refractivity contribution in [3.63, 3.8) is 0 Å². The van der Waals surface area contributed by atoms with Crippen LogP contribution in [0.4, 0.5) is 5.69 Å². The van der Waals surface area contributed by atoms with E-state index in [1.165, 1.54) is 5.39 Å². The number of hydrazone groups is 1. The van der Waals surface area contributed by atoms with Crippen LogP contribution in [0.5, 0.6) is 0 Å². The Bertz CT molecular complexity index is 892. The Morgan fingerprint density at radius 2 is 1.83 bits per heavy atom. The standard InChI is InChI=1S/C19H16ClN3O/c20-17-7-3-4-14(10-17)12-22-23-19(24)13-21-18-9-8-15-5-1-2-6-16(15)11-18/h1-12,21H,13H2,(H,23,24). The second-order valence-corrected chi connectivity index (χ2v) is 5.70. The summed E-state index contributed by atoms with van der Waals surface area (Å²) >= 11 is 5.89. The van der Waals surface area contributed by atoms with Crippen LogP contribution in [0.3, 0.4) is 0 Å². The minimum absolute atomic E-state index is 0.144. The summed E-state index contributed by atoms with van der Waals surface area (Å²) in [6.07, 6.45) is 1.56. The first-order valence-electron chi connectivity index (χ1n) is 7.51. The van der Waals surface area contributed by atoms with Crippen molar-refractivity contribution in [3.05, 3.63) is 77.3 Å². The number of fused-ring (bicyclic) bond motifs is 1. The SMILES string of the molecule is O=C(CNc1ccc2ccccc2c1)NN=Cc1cccc(Cl)c1. The Morgan fingerprint density at radius 1 is 1.00 bits per heavy atom. The van der Waals surface area contributed by atoms with Gasteiger partial charge in [0.05, 0.1) is 12.8 Å². The number of carbonyl (C=O) groups excluding carboxylic acids is 1. The first-order valence-corrected chi connectivity index (χ1v) is 7.89.